The predicted molar refractivity (Wildman–Crippen MR) is 115 cm³/mol. The molecule has 0 spiro atoms. The van der Waals surface area contributed by atoms with Crippen molar-refractivity contribution in [2.24, 2.45) is 4.99 Å². The van der Waals surface area contributed by atoms with Crippen LogP contribution in [0.4, 0.5) is 10.1 Å². The molecule has 30 heavy (non-hydrogen) atoms. The Labute approximate surface area is 174 Å². The molecule has 1 aliphatic heterocycles. The average Bonchev–Trinajstić information content (AvgIpc) is 3.08. The first-order chi connectivity index (χ1) is 14.1. The third kappa shape index (κ3) is 3.31. The molecule has 3 aromatic rings. The second-order valence-electron chi connectivity index (χ2n) is 8.09. The summed E-state index contributed by atoms with van der Waals surface area (Å²) in [5.74, 6) is 0.439. The van der Waals surface area contributed by atoms with Crippen molar-refractivity contribution in [3.05, 3.63) is 59.5 Å². The van der Waals surface area contributed by atoms with Crippen molar-refractivity contribution < 1.29 is 17.5 Å². The van der Waals surface area contributed by atoms with Crippen LogP contribution in [0, 0.1) is 5.82 Å². The first kappa shape index (κ1) is 20.3. The number of pyridine rings is 1. The van der Waals surface area contributed by atoms with E-state index >= 15 is 0 Å². The molecule has 0 saturated carbocycles. The maximum atomic E-state index is 13.7. The molecule has 0 radical (unpaired) electrons. The first-order valence-electron chi connectivity index (χ1n) is 9.43. The summed E-state index contributed by atoms with van der Waals surface area (Å²) in [5.41, 5.74) is 2.82. The van der Waals surface area contributed by atoms with Crippen LogP contribution in [0.15, 0.2) is 52.5 Å². The van der Waals surface area contributed by atoms with Gasteiger partial charge in [0, 0.05) is 23.2 Å². The van der Waals surface area contributed by atoms with Crippen molar-refractivity contribution in [2.75, 3.05) is 12.4 Å². The number of anilines is 1. The Morgan fingerprint density at radius 2 is 1.90 bits per heavy atom. The van der Waals surface area contributed by atoms with Gasteiger partial charge in [0.15, 0.2) is 9.84 Å². The molecule has 0 atom stereocenters. The summed E-state index contributed by atoms with van der Waals surface area (Å²) in [6.07, 6.45) is 1.62. The zero-order valence-corrected chi connectivity index (χ0v) is 18.0. The lowest BCUT2D eigenvalue weighted by Gasteiger charge is -2.21. The largest absolute Gasteiger partial charge is 0.495 e. The Bertz CT molecular complexity index is 1290. The number of nitrogens with one attached hydrogen (secondary N) is 1. The monoisotopic (exact) mass is 427 g/mol. The molecule has 0 bridgehead atoms. The highest BCUT2D eigenvalue weighted by Gasteiger charge is 2.34. The molecule has 1 aliphatic rings. The molecular formula is C22H22FN3O3S. The van der Waals surface area contributed by atoms with Crippen molar-refractivity contribution in [3.63, 3.8) is 0 Å². The number of fused-ring (bicyclic) bond motifs is 2. The van der Waals surface area contributed by atoms with Gasteiger partial charge in [0.2, 0.25) is 0 Å². The van der Waals surface area contributed by atoms with E-state index in [-0.39, 0.29) is 16.5 Å². The van der Waals surface area contributed by atoms with Gasteiger partial charge in [0.25, 0.3) is 0 Å². The Hall–Kier alpha value is -3.00. The van der Waals surface area contributed by atoms with Crippen molar-refractivity contribution in [3.8, 4) is 5.75 Å². The van der Waals surface area contributed by atoms with Crippen LogP contribution in [-0.4, -0.2) is 31.1 Å². The minimum Gasteiger partial charge on any atom is -0.495 e. The number of rotatable bonds is 3. The van der Waals surface area contributed by atoms with Gasteiger partial charge >= 0.3 is 0 Å². The van der Waals surface area contributed by atoms with Gasteiger partial charge in [-0.25, -0.2) is 12.8 Å². The number of benzene rings is 2. The molecule has 0 fully saturated rings. The fourth-order valence-corrected chi connectivity index (χ4v) is 4.69. The number of amidine groups is 1. The van der Waals surface area contributed by atoms with E-state index in [1.54, 1.807) is 51.2 Å². The number of halogens is 1. The molecule has 0 saturated heterocycles. The minimum atomic E-state index is -3.67. The SMILES string of the molecule is COc1cc2nccc(NC3=NCc4ccc(F)cc43)c2cc1S(=O)(=O)C(C)(C)C. The smallest absolute Gasteiger partial charge is 0.186 e. The standard InChI is InChI=1S/C22H22FN3O3S/c1-22(2,3)30(27,28)20-10-16-17(7-8-24-18(16)11-19(20)29-4)26-21-15-9-14(23)6-5-13(15)12-25-21/h5-11H,12H2,1-4H3,(H,24,25,26). The Morgan fingerprint density at radius 3 is 2.60 bits per heavy atom. The summed E-state index contributed by atoms with van der Waals surface area (Å²) in [4.78, 5) is 8.92. The third-order valence-corrected chi connectivity index (χ3v) is 7.62. The molecule has 1 aromatic heterocycles. The summed E-state index contributed by atoms with van der Waals surface area (Å²) in [7, 11) is -2.24. The van der Waals surface area contributed by atoms with E-state index in [1.807, 2.05) is 0 Å². The van der Waals surface area contributed by atoms with E-state index in [2.05, 4.69) is 15.3 Å². The first-order valence-corrected chi connectivity index (χ1v) is 10.9. The van der Waals surface area contributed by atoms with Crippen LogP contribution in [0.1, 0.15) is 31.9 Å². The maximum absolute atomic E-state index is 13.7. The molecule has 2 heterocycles. The molecule has 4 rings (SSSR count). The molecule has 6 nitrogen and oxygen atoms in total. The highest BCUT2D eigenvalue weighted by Crippen LogP contribution is 2.37. The number of methoxy groups -OCH3 is 1. The van der Waals surface area contributed by atoms with Crippen molar-refractivity contribution >= 4 is 32.3 Å². The lowest BCUT2D eigenvalue weighted by atomic mass is 10.1. The van der Waals surface area contributed by atoms with Gasteiger partial charge in [-0.2, -0.15) is 0 Å². The van der Waals surface area contributed by atoms with Gasteiger partial charge in [-0.3, -0.25) is 9.98 Å². The highest BCUT2D eigenvalue weighted by molar-refractivity contribution is 7.92. The van der Waals surface area contributed by atoms with E-state index in [4.69, 9.17) is 4.74 Å². The fraction of sp³-hybridized carbons (Fsp3) is 0.273. The van der Waals surface area contributed by atoms with Crippen LogP contribution < -0.4 is 10.1 Å². The summed E-state index contributed by atoms with van der Waals surface area (Å²) in [6.45, 7) is 5.39. The van der Waals surface area contributed by atoms with Gasteiger partial charge in [-0.15, -0.1) is 0 Å². The van der Waals surface area contributed by atoms with E-state index in [0.717, 1.165) is 5.56 Å². The van der Waals surface area contributed by atoms with Crippen LogP contribution in [-0.2, 0) is 16.4 Å². The second-order valence-corrected chi connectivity index (χ2v) is 10.8. The highest BCUT2D eigenvalue weighted by atomic mass is 32.2. The van der Waals surface area contributed by atoms with Crippen LogP contribution in [0.5, 0.6) is 5.75 Å². The number of ether oxygens (including phenoxy) is 1. The van der Waals surface area contributed by atoms with Crippen LogP contribution in [0.2, 0.25) is 0 Å². The fourth-order valence-electron chi connectivity index (χ4n) is 3.35. The lowest BCUT2D eigenvalue weighted by molar-refractivity contribution is 0.402. The van der Waals surface area contributed by atoms with E-state index in [9.17, 15) is 12.8 Å². The molecular weight excluding hydrogens is 405 g/mol. The van der Waals surface area contributed by atoms with E-state index in [1.165, 1.54) is 19.2 Å². The molecule has 2 aromatic carbocycles. The molecule has 1 N–H and O–H groups in total. The Kier molecular flexibility index (Phi) is 4.77. The number of hydrogen-bond acceptors (Lipinski definition) is 6. The molecule has 0 amide bonds. The number of aliphatic imine (C=N–C) groups is 1. The predicted octanol–water partition coefficient (Wildman–Crippen LogP) is 4.33. The summed E-state index contributed by atoms with van der Waals surface area (Å²) < 4.78 is 44.4. The minimum absolute atomic E-state index is 0.0980. The topological polar surface area (TPSA) is 80.7 Å². The van der Waals surface area contributed by atoms with Crippen molar-refractivity contribution in [2.45, 2.75) is 37.0 Å². The zero-order valence-electron chi connectivity index (χ0n) is 17.2. The number of sulfone groups is 1. The third-order valence-electron chi connectivity index (χ3n) is 5.11. The quantitative estimate of drug-likeness (QED) is 0.673. The van der Waals surface area contributed by atoms with Crippen LogP contribution >= 0.6 is 0 Å². The normalized spacial score (nSPS) is 13.8. The van der Waals surface area contributed by atoms with Crippen molar-refractivity contribution in [1.29, 1.82) is 0 Å². The summed E-state index contributed by atoms with van der Waals surface area (Å²) in [5, 5.41) is 3.84. The van der Waals surface area contributed by atoms with E-state index in [0.29, 0.717) is 34.5 Å². The maximum Gasteiger partial charge on any atom is 0.186 e. The second kappa shape index (κ2) is 7.05. The molecule has 156 valence electrons. The molecule has 0 unspecified atom stereocenters. The van der Waals surface area contributed by atoms with Crippen LogP contribution in [0.3, 0.4) is 0 Å². The lowest BCUT2D eigenvalue weighted by Crippen LogP contribution is -2.28. The Morgan fingerprint density at radius 1 is 1.13 bits per heavy atom. The van der Waals surface area contributed by atoms with Gasteiger partial charge in [-0.1, -0.05) is 6.07 Å². The van der Waals surface area contributed by atoms with E-state index < -0.39 is 14.6 Å². The van der Waals surface area contributed by atoms with Gasteiger partial charge < -0.3 is 10.1 Å². The van der Waals surface area contributed by atoms with Gasteiger partial charge in [0.05, 0.1) is 29.6 Å². The summed E-state index contributed by atoms with van der Waals surface area (Å²) in [6, 6.07) is 9.49. The number of nitrogens with zero attached hydrogens (tertiary/aromatic N) is 2. The summed E-state index contributed by atoms with van der Waals surface area (Å²) >= 11 is 0. The molecule has 8 heteroatoms. The van der Waals surface area contributed by atoms with Gasteiger partial charge in [0.1, 0.15) is 22.3 Å². The number of aromatic nitrogens is 1. The zero-order chi connectivity index (χ0) is 21.7. The van der Waals surface area contributed by atoms with Gasteiger partial charge in [-0.05, 0) is 50.6 Å². The van der Waals surface area contributed by atoms with Crippen molar-refractivity contribution in [1.82, 2.24) is 4.98 Å². The average molecular weight is 428 g/mol. The molecule has 0 aliphatic carbocycles. The number of hydrogen-bond donors (Lipinski definition) is 1. The van der Waals surface area contributed by atoms with Crippen LogP contribution in [0.25, 0.3) is 10.9 Å². The Balaban J connectivity index is 1.85.